The fraction of sp³-hybridized carbons (Fsp3) is 0.923. The summed E-state index contributed by atoms with van der Waals surface area (Å²) in [5, 5.41) is 6.04. The summed E-state index contributed by atoms with van der Waals surface area (Å²) in [6.45, 7) is 0.783. The van der Waals surface area contributed by atoms with Crippen LogP contribution in [0.4, 0.5) is 4.79 Å². The van der Waals surface area contributed by atoms with Crippen LogP contribution in [-0.2, 0) is 4.74 Å². The molecule has 3 aliphatic rings. The molecule has 102 valence electrons. The third kappa shape index (κ3) is 2.21. The number of nitrogens with two attached hydrogens (primary N) is 1. The van der Waals surface area contributed by atoms with Crippen LogP contribution in [0, 0.1) is 5.92 Å². The Labute approximate surface area is 108 Å². The zero-order valence-corrected chi connectivity index (χ0v) is 10.7. The smallest absolute Gasteiger partial charge is 0.315 e. The number of fused-ring (bicyclic) bond motifs is 1. The lowest BCUT2D eigenvalue weighted by Gasteiger charge is -2.45. The molecule has 5 nitrogen and oxygen atoms in total. The van der Waals surface area contributed by atoms with E-state index in [1.165, 1.54) is 19.3 Å². The number of hydrogen-bond acceptors (Lipinski definition) is 3. The van der Waals surface area contributed by atoms with E-state index in [2.05, 4.69) is 10.6 Å². The van der Waals surface area contributed by atoms with Crippen molar-refractivity contribution in [3.8, 4) is 0 Å². The Hall–Kier alpha value is -0.810. The molecule has 0 spiro atoms. The van der Waals surface area contributed by atoms with Crippen molar-refractivity contribution in [2.75, 3.05) is 6.61 Å². The summed E-state index contributed by atoms with van der Waals surface area (Å²) < 4.78 is 5.60. The highest BCUT2D eigenvalue weighted by Crippen LogP contribution is 2.37. The number of carbonyl (C=O) groups is 1. The van der Waals surface area contributed by atoms with Crippen molar-refractivity contribution in [2.24, 2.45) is 11.7 Å². The molecular weight excluding hydrogens is 230 g/mol. The molecule has 4 N–H and O–H groups in total. The number of hydrogen-bond donors (Lipinski definition) is 3. The Morgan fingerprint density at radius 1 is 1.11 bits per heavy atom. The summed E-state index contributed by atoms with van der Waals surface area (Å²) in [6, 6.07) is 0.336. The van der Waals surface area contributed by atoms with Gasteiger partial charge >= 0.3 is 6.03 Å². The van der Waals surface area contributed by atoms with E-state index in [4.69, 9.17) is 10.5 Å². The van der Waals surface area contributed by atoms with Crippen molar-refractivity contribution in [3.05, 3.63) is 0 Å². The Kier molecular flexibility index (Phi) is 3.43. The van der Waals surface area contributed by atoms with Gasteiger partial charge in [0.2, 0.25) is 0 Å². The average molecular weight is 253 g/mol. The highest BCUT2D eigenvalue weighted by molar-refractivity contribution is 5.75. The van der Waals surface area contributed by atoms with Crippen LogP contribution in [0.2, 0.25) is 0 Å². The molecule has 18 heavy (non-hydrogen) atoms. The fourth-order valence-electron chi connectivity index (χ4n) is 3.55. The molecule has 2 aliphatic carbocycles. The first-order valence-corrected chi connectivity index (χ1v) is 7.20. The maximum atomic E-state index is 11.9. The average Bonchev–Trinajstić information content (AvgIpc) is 2.82. The fourth-order valence-corrected chi connectivity index (χ4v) is 3.55. The SMILES string of the molecule is NC1C2CCOC2C1NC(=O)NC1CCCCC1. The first kappa shape index (κ1) is 12.2. The van der Waals surface area contributed by atoms with E-state index in [0.29, 0.717) is 12.0 Å². The second-order valence-electron chi connectivity index (χ2n) is 5.84. The molecule has 3 fully saturated rings. The second-order valence-corrected chi connectivity index (χ2v) is 5.84. The Morgan fingerprint density at radius 2 is 1.89 bits per heavy atom. The monoisotopic (exact) mass is 253 g/mol. The minimum Gasteiger partial charge on any atom is -0.376 e. The van der Waals surface area contributed by atoms with Crippen LogP contribution in [0.3, 0.4) is 0 Å². The molecular formula is C13H23N3O2. The lowest BCUT2D eigenvalue weighted by atomic mass is 9.72. The predicted octanol–water partition coefficient (Wildman–Crippen LogP) is 0.733. The van der Waals surface area contributed by atoms with Crippen molar-refractivity contribution in [1.29, 1.82) is 0 Å². The van der Waals surface area contributed by atoms with E-state index in [0.717, 1.165) is 25.9 Å². The van der Waals surface area contributed by atoms with Crippen molar-refractivity contribution < 1.29 is 9.53 Å². The van der Waals surface area contributed by atoms with Gasteiger partial charge in [-0.15, -0.1) is 0 Å². The van der Waals surface area contributed by atoms with E-state index >= 15 is 0 Å². The number of amides is 2. The van der Waals surface area contributed by atoms with Gasteiger partial charge < -0.3 is 21.1 Å². The highest BCUT2D eigenvalue weighted by atomic mass is 16.5. The summed E-state index contributed by atoms with van der Waals surface area (Å²) in [7, 11) is 0. The molecule has 1 aliphatic heterocycles. The van der Waals surface area contributed by atoms with Crippen LogP contribution in [0.25, 0.3) is 0 Å². The van der Waals surface area contributed by atoms with E-state index in [1.807, 2.05) is 0 Å². The first-order valence-electron chi connectivity index (χ1n) is 7.20. The third-order valence-corrected chi connectivity index (χ3v) is 4.68. The van der Waals surface area contributed by atoms with E-state index in [1.54, 1.807) is 0 Å². The molecule has 0 aromatic heterocycles. The zero-order valence-electron chi connectivity index (χ0n) is 10.7. The van der Waals surface area contributed by atoms with E-state index in [9.17, 15) is 4.79 Å². The van der Waals surface area contributed by atoms with Crippen molar-refractivity contribution in [2.45, 2.75) is 62.8 Å². The van der Waals surface area contributed by atoms with Crippen molar-refractivity contribution in [1.82, 2.24) is 10.6 Å². The van der Waals surface area contributed by atoms with Crippen LogP contribution in [0.5, 0.6) is 0 Å². The highest BCUT2D eigenvalue weighted by Gasteiger charge is 2.52. The molecule has 2 saturated carbocycles. The summed E-state index contributed by atoms with van der Waals surface area (Å²) in [5.41, 5.74) is 6.07. The van der Waals surface area contributed by atoms with E-state index < -0.39 is 0 Å². The molecule has 2 amide bonds. The molecule has 3 rings (SSSR count). The van der Waals surface area contributed by atoms with E-state index in [-0.39, 0.29) is 24.2 Å². The number of nitrogens with one attached hydrogen (secondary N) is 2. The molecule has 4 atom stereocenters. The molecule has 1 heterocycles. The van der Waals surface area contributed by atoms with Gasteiger partial charge in [-0.2, -0.15) is 0 Å². The van der Waals surface area contributed by atoms with Gasteiger partial charge in [-0.1, -0.05) is 19.3 Å². The summed E-state index contributed by atoms with van der Waals surface area (Å²) in [4.78, 5) is 11.9. The number of carbonyl (C=O) groups excluding carboxylic acids is 1. The number of rotatable bonds is 2. The van der Waals surface area contributed by atoms with Crippen molar-refractivity contribution >= 4 is 6.03 Å². The number of ether oxygens (including phenoxy) is 1. The van der Waals surface area contributed by atoms with Gasteiger partial charge in [0.05, 0.1) is 12.1 Å². The maximum Gasteiger partial charge on any atom is 0.315 e. The third-order valence-electron chi connectivity index (χ3n) is 4.68. The Bertz CT molecular complexity index is 317. The topological polar surface area (TPSA) is 76.4 Å². The van der Waals surface area contributed by atoms with Gasteiger partial charge in [0, 0.05) is 24.6 Å². The molecule has 1 saturated heterocycles. The van der Waals surface area contributed by atoms with Crippen molar-refractivity contribution in [3.63, 3.8) is 0 Å². The largest absolute Gasteiger partial charge is 0.376 e. The lowest BCUT2D eigenvalue weighted by Crippen LogP contribution is -2.70. The summed E-state index contributed by atoms with van der Waals surface area (Å²) in [5.74, 6) is 0.449. The Balaban J connectivity index is 1.46. The molecule has 0 aromatic rings. The first-order chi connectivity index (χ1) is 8.75. The molecule has 0 radical (unpaired) electrons. The van der Waals surface area contributed by atoms with Gasteiger partial charge in [-0.05, 0) is 19.3 Å². The summed E-state index contributed by atoms with van der Waals surface area (Å²) >= 11 is 0. The van der Waals surface area contributed by atoms with Gasteiger partial charge in [0.1, 0.15) is 0 Å². The maximum absolute atomic E-state index is 11.9. The molecule has 0 bridgehead atoms. The predicted molar refractivity (Wildman–Crippen MR) is 68.2 cm³/mol. The van der Waals surface area contributed by atoms with Gasteiger partial charge in [0.25, 0.3) is 0 Å². The second kappa shape index (κ2) is 5.05. The molecule has 4 unspecified atom stereocenters. The van der Waals surface area contributed by atoms with Gasteiger partial charge in [-0.3, -0.25) is 0 Å². The van der Waals surface area contributed by atoms with Gasteiger partial charge in [0.15, 0.2) is 0 Å². The molecule has 0 aromatic carbocycles. The normalized spacial score (nSPS) is 39.8. The minimum absolute atomic E-state index is 0.00101. The van der Waals surface area contributed by atoms with Crippen LogP contribution < -0.4 is 16.4 Å². The minimum atomic E-state index is -0.0729. The summed E-state index contributed by atoms with van der Waals surface area (Å²) in [6.07, 6.45) is 7.14. The molecule has 5 heteroatoms. The number of urea groups is 1. The van der Waals surface area contributed by atoms with Crippen LogP contribution in [0.15, 0.2) is 0 Å². The van der Waals surface area contributed by atoms with Crippen LogP contribution >= 0.6 is 0 Å². The quantitative estimate of drug-likeness (QED) is 0.679. The Morgan fingerprint density at radius 3 is 2.67 bits per heavy atom. The zero-order chi connectivity index (χ0) is 12.5. The standard InChI is InChI=1S/C13H23N3O2/c14-10-9-6-7-18-12(9)11(10)16-13(17)15-8-4-2-1-3-5-8/h8-12H,1-7,14H2,(H2,15,16,17). The van der Waals surface area contributed by atoms with Gasteiger partial charge in [-0.25, -0.2) is 4.79 Å². The lowest BCUT2D eigenvalue weighted by molar-refractivity contribution is -0.0136. The van der Waals surface area contributed by atoms with Crippen LogP contribution in [0.1, 0.15) is 38.5 Å². The van der Waals surface area contributed by atoms with Crippen LogP contribution in [-0.4, -0.2) is 36.9 Å².